The van der Waals surface area contributed by atoms with Gasteiger partial charge in [0.2, 0.25) is 0 Å². The molecule has 1 unspecified atom stereocenters. The van der Waals surface area contributed by atoms with Crippen molar-refractivity contribution in [2.24, 2.45) is 5.92 Å². The molecule has 0 N–H and O–H groups in total. The normalized spacial score (nSPS) is 19.9. The number of hydrogen-bond acceptors (Lipinski definition) is 2. The lowest BCUT2D eigenvalue weighted by Gasteiger charge is -2.07. The van der Waals surface area contributed by atoms with Gasteiger partial charge in [0.05, 0.1) is 0 Å². The van der Waals surface area contributed by atoms with E-state index in [-0.39, 0.29) is 29.5 Å². The summed E-state index contributed by atoms with van der Waals surface area (Å²) in [5.74, 6) is -0.274. The number of alkyl halides is 2. The fraction of sp³-hybridized carbons (Fsp3) is 0.385. The zero-order chi connectivity index (χ0) is 12.4. The SMILES string of the molecule is O=C1CCC(C(=O)c2ccc(C(F)F)cc2)C1. The van der Waals surface area contributed by atoms with Crippen molar-refractivity contribution in [1.29, 1.82) is 0 Å². The third-order valence-electron chi connectivity index (χ3n) is 3.06. The molecule has 17 heavy (non-hydrogen) atoms. The minimum absolute atomic E-state index is 0.0935. The fourth-order valence-electron chi connectivity index (χ4n) is 2.07. The highest BCUT2D eigenvalue weighted by molar-refractivity contribution is 6.01. The molecular weight excluding hydrogens is 226 g/mol. The number of halogens is 2. The van der Waals surface area contributed by atoms with E-state index in [1.807, 2.05) is 0 Å². The Morgan fingerprint density at radius 2 is 1.88 bits per heavy atom. The predicted molar refractivity (Wildman–Crippen MR) is 58.1 cm³/mol. The van der Waals surface area contributed by atoms with Crippen LogP contribution in [0.2, 0.25) is 0 Å². The second kappa shape index (κ2) is 4.73. The summed E-state index contributed by atoms with van der Waals surface area (Å²) >= 11 is 0. The highest BCUT2D eigenvalue weighted by atomic mass is 19.3. The van der Waals surface area contributed by atoms with Gasteiger partial charge < -0.3 is 0 Å². The predicted octanol–water partition coefficient (Wildman–Crippen LogP) is 3.18. The van der Waals surface area contributed by atoms with Gasteiger partial charge in [0, 0.05) is 29.9 Å². The van der Waals surface area contributed by atoms with Crippen molar-refractivity contribution in [3.05, 3.63) is 35.4 Å². The molecule has 0 amide bonds. The fourth-order valence-corrected chi connectivity index (χ4v) is 2.07. The van der Waals surface area contributed by atoms with Crippen molar-refractivity contribution in [1.82, 2.24) is 0 Å². The molecule has 4 heteroatoms. The van der Waals surface area contributed by atoms with Crippen LogP contribution in [-0.2, 0) is 4.79 Å². The second-order valence-electron chi connectivity index (χ2n) is 4.27. The Balaban J connectivity index is 2.12. The molecule has 0 saturated heterocycles. The number of hydrogen-bond donors (Lipinski definition) is 0. The number of ketones is 2. The van der Waals surface area contributed by atoms with E-state index in [9.17, 15) is 18.4 Å². The maximum Gasteiger partial charge on any atom is 0.263 e. The maximum atomic E-state index is 12.3. The monoisotopic (exact) mass is 238 g/mol. The van der Waals surface area contributed by atoms with Crippen molar-refractivity contribution < 1.29 is 18.4 Å². The Morgan fingerprint density at radius 3 is 2.35 bits per heavy atom. The standard InChI is InChI=1S/C13H12F2O2/c14-13(15)9-3-1-8(2-4-9)12(17)10-5-6-11(16)7-10/h1-4,10,13H,5-7H2. The molecule has 1 saturated carbocycles. The van der Waals surface area contributed by atoms with Crippen LogP contribution in [0.4, 0.5) is 8.78 Å². The molecule has 1 fully saturated rings. The van der Waals surface area contributed by atoms with Crippen LogP contribution in [0.5, 0.6) is 0 Å². The minimum Gasteiger partial charge on any atom is -0.300 e. The van der Waals surface area contributed by atoms with E-state index < -0.39 is 6.43 Å². The van der Waals surface area contributed by atoms with Gasteiger partial charge >= 0.3 is 0 Å². The van der Waals surface area contributed by atoms with E-state index in [0.29, 0.717) is 18.4 Å². The molecule has 0 aliphatic heterocycles. The average molecular weight is 238 g/mol. The summed E-state index contributed by atoms with van der Waals surface area (Å²) in [6, 6.07) is 5.34. The summed E-state index contributed by atoms with van der Waals surface area (Å²) in [4.78, 5) is 23.0. The van der Waals surface area contributed by atoms with Crippen LogP contribution in [0.15, 0.2) is 24.3 Å². The molecule has 2 rings (SSSR count). The molecule has 1 atom stereocenters. The molecule has 0 aromatic heterocycles. The zero-order valence-corrected chi connectivity index (χ0v) is 9.16. The molecule has 1 aliphatic rings. The molecule has 1 aromatic carbocycles. The van der Waals surface area contributed by atoms with Gasteiger partial charge in [0.25, 0.3) is 6.43 Å². The quantitative estimate of drug-likeness (QED) is 0.758. The van der Waals surface area contributed by atoms with Crippen LogP contribution >= 0.6 is 0 Å². The summed E-state index contributed by atoms with van der Waals surface area (Å²) in [7, 11) is 0. The number of carbonyl (C=O) groups is 2. The van der Waals surface area contributed by atoms with Gasteiger partial charge in [-0.2, -0.15) is 0 Å². The van der Waals surface area contributed by atoms with Crippen LogP contribution in [-0.4, -0.2) is 11.6 Å². The Hall–Kier alpha value is -1.58. The van der Waals surface area contributed by atoms with Crippen molar-refractivity contribution in [2.75, 3.05) is 0 Å². The summed E-state index contributed by atoms with van der Waals surface area (Å²) in [6.45, 7) is 0. The van der Waals surface area contributed by atoms with Gasteiger partial charge in [-0.05, 0) is 6.42 Å². The van der Waals surface area contributed by atoms with Crippen molar-refractivity contribution in [2.45, 2.75) is 25.7 Å². The number of benzene rings is 1. The summed E-state index contributed by atoms with van der Waals surface area (Å²) < 4.78 is 24.6. The van der Waals surface area contributed by atoms with Crippen LogP contribution in [0.3, 0.4) is 0 Å². The zero-order valence-electron chi connectivity index (χ0n) is 9.16. The minimum atomic E-state index is -2.52. The Bertz CT molecular complexity index is 437. The lowest BCUT2D eigenvalue weighted by Crippen LogP contribution is -2.11. The van der Waals surface area contributed by atoms with Crippen LogP contribution in [0.25, 0.3) is 0 Å². The van der Waals surface area contributed by atoms with E-state index in [4.69, 9.17) is 0 Å². The first-order valence-corrected chi connectivity index (χ1v) is 5.52. The van der Waals surface area contributed by atoms with Crippen LogP contribution < -0.4 is 0 Å². The maximum absolute atomic E-state index is 12.3. The van der Waals surface area contributed by atoms with Gasteiger partial charge in [-0.25, -0.2) is 8.78 Å². The highest BCUT2D eigenvalue weighted by Gasteiger charge is 2.28. The largest absolute Gasteiger partial charge is 0.300 e. The van der Waals surface area contributed by atoms with E-state index in [1.54, 1.807) is 0 Å². The van der Waals surface area contributed by atoms with Gasteiger partial charge in [0.1, 0.15) is 5.78 Å². The topological polar surface area (TPSA) is 34.1 Å². The Kier molecular flexibility index (Phi) is 3.31. The number of rotatable bonds is 3. The lowest BCUT2D eigenvalue weighted by molar-refractivity contribution is -0.117. The summed E-state index contributed by atoms with van der Waals surface area (Å²) in [5, 5.41) is 0. The first-order valence-electron chi connectivity index (χ1n) is 5.52. The highest BCUT2D eigenvalue weighted by Crippen LogP contribution is 2.26. The van der Waals surface area contributed by atoms with E-state index in [1.165, 1.54) is 24.3 Å². The van der Waals surface area contributed by atoms with Gasteiger partial charge in [-0.15, -0.1) is 0 Å². The summed E-state index contributed by atoms with van der Waals surface area (Å²) in [6.07, 6.45) is -1.21. The Morgan fingerprint density at radius 1 is 1.24 bits per heavy atom. The van der Waals surface area contributed by atoms with Gasteiger partial charge in [0.15, 0.2) is 5.78 Å². The molecule has 90 valence electrons. The third-order valence-corrected chi connectivity index (χ3v) is 3.06. The molecular formula is C13H12F2O2. The first kappa shape index (κ1) is 11.9. The van der Waals surface area contributed by atoms with Crippen molar-refractivity contribution >= 4 is 11.6 Å². The second-order valence-corrected chi connectivity index (χ2v) is 4.27. The molecule has 0 bridgehead atoms. The lowest BCUT2D eigenvalue weighted by atomic mass is 9.96. The first-order chi connectivity index (χ1) is 8.08. The molecule has 2 nitrogen and oxygen atoms in total. The van der Waals surface area contributed by atoms with Gasteiger partial charge in [-0.3, -0.25) is 9.59 Å². The Labute approximate surface area is 97.6 Å². The third kappa shape index (κ3) is 2.57. The average Bonchev–Trinajstić information content (AvgIpc) is 2.75. The molecule has 0 spiro atoms. The van der Waals surface area contributed by atoms with Crippen molar-refractivity contribution in [3.8, 4) is 0 Å². The van der Waals surface area contributed by atoms with E-state index in [0.717, 1.165) is 0 Å². The molecule has 1 aliphatic carbocycles. The van der Waals surface area contributed by atoms with E-state index in [2.05, 4.69) is 0 Å². The van der Waals surface area contributed by atoms with E-state index >= 15 is 0 Å². The van der Waals surface area contributed by atoms with Crippen LogP contribution in [0, 0.1) is 5.92 Å². The smallest absolute Gasteiger partial charge is 0.263 e. The van der Waals surface area contributed by atoms with Crippen molar-refractivity contribution in [3.63, 3.8) is 0 Å². The molecule has 0 radical (unpaired) electrons. The molecule has 1 aromatic rings. The van der Waals surface area contributed by atoms with Gasteiger partial charge in [-0.1, -0.05) is 24.3 Å². The number of carbonyl (C=O) groups excluding carboxylic acids is 2. The molecule has 0 heterocycles. The number of Topliss-reactive ketones (excluding diaryl/α,β-unsaturated/α-hetero) is 2. The summed E-state index contributed by atoms with van der Waals surface area (Å²) in [5.41, 5.74) is 0.318. The van der Waals surface area contributed by atoms with Crippen LogP contribution in [0.1, 0.15) is 41.6 Å².